The fraction of sp³-hybridized carbons (Fsp3) is 0.261. The number of nitrogens with zero attached hydrogens (tertiary/aromatic N) is 3. The minimum atomic E-state index is -0.449. The van der Waals surface area contributed by atoms with Crippen molar-refractivity contribution in [2.75, 3.05) is 36.5 Å². The van der Waals surface area contributed by atoms with Gasteiger partial charge in [-0.15, -0.1) is 0 Å². The SMILES string of the molecule is CC(=Nc1ccc(C)cc1)C(=CN)C(=O)Nc1ccc(N(CCO)CCO)c(C#N)c1. The molecule has 0 saturated heterocycles. The molecule has 0 aliphatic rings. The molecule has 0 aromatic heterocycles. The van der Waals surface area contributed by atoms with Crippen molar-refractivity contribution in [1.82, 2.24) is 0 Å². The average molecular weight is 422 g/mol. The molecule has 0 saturated carbocycles. The molecule has 2 rings (SSSR count). The van der Waals surface area contributed by atoms with Crippen LogP contribution in [0.15, 0.2) is 59.2 Å². The molecule has 8 nitrogen and oxygen atoms in total. The molecule has 31 heavy (non-hydrogen) atoms. The Kier molecular flexibility index (Phi) is 8.76. The van der Waals surface area contributed by atoms with E-state index in [4.69, 9.17) is 5.73 Å². The Labute approximate surface area is 182 Å². The molecule has 0 bridgehead atoms. The van der Waals surface area contributed by atoms with E-state index in [1.807, 2.05) is 31.2 Å². The number of nitrogens with one attached hydrogen (secondary N) is 1. The fourth-order valence-electron chi connectivity index (χ4n) is 3.01. The zero-order valence-corrected chi connectivity index (χ0v) is 17.7. The lowest BCUT2D eigenvalue weighted by Gasteiger charge is -2.24. The lowest BCUT2D eigenvalue weighted by Crippen LogP contribution is -2.30. The molecular formula is C23H27N5O3. The van der Waals surface area contributed by atoms with Crippen LogP contribution in [0, 0.1) is 18.3 Å². The number of amides is 1. The predicted octanol–water partition coefficient (Wildman–Crippen LogP) is 2.23. The predicted molar refractivity (Wildman–Crippen MR) is 122 cm³/mol. The Morgan fingerprint density at radius 3 is 2.39 bits per heavy atom. The smallest absolute Gasteiger partial charge is 0.258 e. The van der Waals surface area contributed by atoms with Crippen molar-refractivity contribution >= 4 is 28.7 Å². The number of aliphatic hydroxyl groups excluding tert-OH is 2. The molecule has 2 aromatic rings. The Morgan fingerprint density at radius 2 is 1.84 bits per heavy atom. The quantitative estimate of drug-likeness (QED) is 0.362. The van der Waals surface area contributed by atoms with Crippen molar-refractivity contribution in [3.8, 4) is 6.07 Å². The summed E-state index contributed by atoms with van der Waals surface area (Å²) in [5.74, 6) is -0.449. The van der Waals surface area contributed by atoms with Crippen LogP contribution in [0.2, 0.25) is 0 Å². The van der Waals surface area contributed by atoms with Gasteiger partial charge in [0.1, 0.15) is 6.07 Å². The number of carbonyl (C=O) groups excluding carboxylic acids is 1. The van der Waals surface area contributed by atoms with E-state index in [2.05, 4.69) is 16.4 Å². The number of aliphatic imine (C=N–C) groups is 1. The van der Waals surface area contributed by atoms with Crippen LogP contribution in [-0.4, -0.2) is 48.1 Å². The zero-order valence-electron chi connectivity index (χ0n) is 17.7. The average Bonchev–Trinajstić information content (AvgIpc) is 2.75. The van der Waals surface area contributed by atoms with Crippen molar-refractivity contribution in [3.05, 3.63) is 65.4 Å². The number of aliphatic hydroxyl groups is 2. The number of hydrogen-bond donors (Lipinski definition) is 4. The van der Waals surface area contributed by atoms with E-state index >= 15 is 0 Å². The molecule has 0 fully saturated rings. The molecule has 162 valence electrons. The maximum absolute atomic E-state index is 12.8. The molecule has 8 heteroatoms. The van der Waals surface area contributed by atoms with Gasteiger partial charge >= 0.3 is 0 Å². The number of benzene rings is 2. The summed E-state index contributed by atoms with van der Waals surface area (Å²) < 4.78 is 0. The molecule has 0 aliphatic heterocycles. The van der Waals surface area contributed by atoms with Gasteiger partial charge in [-0.25, -0.2) is 0 Å². The molecule has 0 heterocycles. The first-order valence-corrected chi connectivity index (χ1v) is 9.79. The highest BCUT2D eigenvalue weighted by atomic mass is 16.3. The van der Waals surface area contributed by atoms with E-state index in [0.717, 1.165) is 5.56 Å². The lowest BCUT2D eigenvalue weighted by atomic mass is 10.1. The third-order valence-corrected chi connectivity index (χ3v) is 4.59. The second-order valence-electron chi connectivity index (χ2n) is 6.85. The number of rotatable bonds is 9. The van der Waals surface area contributed by atoms with E-state index in [-0.39, 0.29) is 31.9 Å². The Hall–Kier alpha value is -3.67. The number of carbonyl (C=O) groups is 1. The van der Waals surface area contributed by atoms with E-state index in [1.54, 1.807) is 24.0 Å². The van der Waals surface area contributed by atoms with Crippen molar-refractivity contribution in [3.63, 3.8) is 0 Å². The van der Waals surface area contributed by atoms with Gasteiger partial charge in [0.25, 0.3) is 5.91 Å². The van der Waals surface area contributed by atoms with Crippen LogP contribution in [-0.2, 0) is 4.79 Å². The molecular weight excluding hydrogens is 394 g/mol. The highest BCUT2D eigenvalue weighted by molar-refractivity contribution is 6.25. The minimum Gasteiger partial charge on any atom is -0.404 e. The van der Waals surface area contributed by atoms with Crippen LogP contribution in [0.4, 0.5) is 17.1 Å². The van der Waals surface area contributed by atoms with E-state index in [1.165, 1.54) is 12.3 Å². The first kappa shape index (κ1) is 23.6. The van der Waals surface area contributed by atoms with Crippen LogP contribution in [0.5, 0.6) is 0 Å². The topological polar surface area (TPSA) is 135 Å². The maximum Gasteiger partial charge on any atom is 0.258 e. The van der Waals surface area contributed by atoms with Crippen LogP contribution in [0.1, 0.15) is 18.1 Å². The van der Waals surface area contributed by atoms with Gasteiger partial charge in [0.15, 0.2) is 0 Å². The van der Waals surface area contributed by atoms with Crippen LogP contribution in [0.3, 0.4) is 0 Å². The van der Waals surface area contributed by atoms with E-state index < -0.39 is 5.91 Å². The molecule has 5 N–H and O–H groups in total. The standard InChI is InChI=1S/C23H27N5O3/c1-16-3-5-19(6-4-16)26-17(2)21(15-25)23(31)27-20-7-8-22(18(13-20)14-24)28(9-11-29)10-12-30/h3-8,13,15,29-30H,9-12,25H2,1-2H3,(H,27,31). The van der Waals surface area contributed by atoms with Crippen LogP contribution in [0.25, 0.3) is 0 Å². The summed E-state index contributed by atoms with van der Waals surface area (Å²) in [5.41, 5.74) is 9.46. The highest BCUT2D eigenvalue weighted by Crippen LogP contribution is 2.24. The summed E-state index contributed by atoms with van der Waals surface area (Å²) in [4.78, 5) is 18.9. The summed E-state index contributed by atoms with van der Waals surface area (Å²) in [7, 11) is 0. The van der Waals surface area contributed by atoms with Gasteiger partial charge in [-0.1, -0.05) is 17.7 Å². The van der Waals surface area contributed by atoms with Gasteiger partial charge in [0.2, 0.25) is 0 Å². The minimum absolute atomic E-state index is 0.117. The molecule has 0 spiro atoms. The Balaban J connectivity index is 2.23. The van der Waals surface area contributed by atoms with Crippen molar-refractivity contribution in [1.29, 1.82) is 5.26 Å². The normalized spacial score (nSPS) is 11.7. The second-order valence-corrected chi connectivity index (χ2v) is 6.85. The number of anilines is 2. The van der Waals surface area contributed by atoms with Gasteiger partial charge in [-0.05, 0) is 44.2 Å². The largest absolute Gasteiger partial charge is 0.404 e. The maximum atomic E-state index is 12.8. The molecule has 0 aliphatic carbocycles. The monoisotopic (exact) mass is 421 g/mol. The molecule has 1 amide bonds. The molecule has 0 radical (unpaired) electrons. The number of hydrogen-bond acceptors (Lipinski definition) is 7. The van der Waals surface area contributed by atoms with Crippen molar-refractivity contribution in [2.45, 2.75) is 13.8 Å². The Bertz CT molecular complexity index is 1000. The van der Waals surface area contributed by atoms with Gasteiger partial charge < -0.3 is 26.2 Å². The summed E-state index contributed by atoms with van der Waals surface area (Å²) in [6.07, 6.45) is 1.20. The summed E-state index contributed by atoms with van der Waals surface area (Å²) >= 11 is 0. The fourth-order valence-corrected chi connectivity index (χ4v) is 3.01. The first-order valence-electron chi connectivity index (χ1n) is 9.79. The summed E-state index contributed by atoms with van der Waals surface area (Å²) in [5, 5.41) is 30.7. The van der Waals surface area contributed by atoms with Crippen molar-refractivity contribution in [2.24, 2.45) is 10.7 Å². The summed E-state index contributed by atoms with van der Waals surface area (Å²) in [6, 6.07) is 14.5. The van der Waals surface area contributed by atoms with Crippen molar-refractivity contribution < 1.29 is 15.0 Å². The second kappa shape index (κ2) is 11.5. The highest BCUT2D eigenvalue weighted by Gasteiger charge is 2.16. The van der Waals surface area contributed by atoms with Gasteiger partial charge in [0, 0.05) is 25.0 Å². The molecule has 2 aromatic carbocycles. The number of nitrogens with two attached hydrogens (primary N) is 1. The van der Waals surface area contributed by atoms with Gasteiger partial charge in [-0.3, -0.25) is 9.79 Å². The van der Waals surface area contributed by atoms with Gasteiger partial charge in [-0.2, -0.15) is 5.26 Å². The van der Waals surface area contributed by atoms with Crippen LogP contribution >= 0.6 is 0 Å². The number of aryl methyl sites for hydroxylation is 1. The van der Waals surface area contributed by atoms with E-state index in [9.17, 15) is 20.3 Å². The Morgan fingerprint density at radius 1 is 1.19 bits per heavy atom. The molecule has 0 unspecified atom stereocenters. The molecule has 0 atom stereocenters. The number of nitriles is 1. The first-order chi connectivity index (χ1) is 14.9. The zero-order chi connectivity index (χ0) is 22.8. The van der Waals surface area contributed by atoms with Gasteiger partial charge in [0.05, 0.1) is 41.4 Å². The summed E-state index contributed by atoms with van der Waals surface area (Å²) in [6.45, 7) is 3.99. The third kappa shape index (κ3) is 6.40. The van der Waals surface area contributed by atoms with Crippen LogP contribution < -0.4 is 16.0 Å². The van der Waals surface area contributed by atoms with E-state index in [0.29, 0.717) is 28.3 Å². The lowest BCUT2D eigenvalue weighted by molar-refractivity contribution is -0.112. The third-order valence-electron chi connectivity index (χ3n) is 4.59.